The fourth-order valence-electron chi connectivity index (χ4n) is 3.58. The second-order valence-electron chi connectivity index (χ2n) is 7.70. The zero-order chi connectivity index (χ0) is 24.9. The van der Waals surface area contributed by atoms with Crippen molar-refractivity contribution in [2.24, 2.45) is 5.92 Å². The lowest BCUT2D eigenvalue weighted by atomic mass is 10.00. The van der Waals surface area contributed by atoms with Crippen molar-refractivity contribution in [1.82, 2.24) is 9.55 Å². The predicted molar refractivity (Wildman–Crippen MR) is 128 cm³/mol. The highest BCUT2D eigenvalue weighted by Crippen LogP contribution is 2.21. The molecule has 0 aliphatic heterocycles. The number of carbonyl (C=O) groups is 3. The molecule has 0 spiro atoms. The summed E-state index contributed by atoms with van der Waals surface area (Å²) in [6, 6.07) is 15.0. The molecule has 0 atom stereocenters. The van der Waals surface area contributed by atoms with Crippen molar-refractivity contribution >= 4 is 39.3 Å². The minimum atomic E-state index is -1.51. The number of rotatable bonds is 10. The van der Waals surface area contributed by atoms with Gasteiger partial charge in [0.1, 0.15) is 12.4 Å². The standard InChI is InChI=1S/C25H20N2O7S/c28-22(17-2-1-9-26-14-17)16-5-8-20-21(13-16)35-25(33)27(20)10-11-34-18-6-3-15(4-7-18)12-19(23(29)30)24(31)32/h1-9,13-14,19H,10-12H2,(H,29,30)(H,31,32). The van der Waals surface area contributed by atoms with Crippen molar-refractivity contribution in [1.29, 1.82) is 0 Å². The first kappa shape index (κ1) is 23.8. The predicted octanol–water partition coefficient (Wildman–Crippen LogP) is 3.10. The first-order valence-corrected chi connectivity index (χ1v) is 11.4. The SMILES string of the molecule is O=C(c1cccnc1)c1ccc2c(c1)sc(=O)n2CCOc1ccc(CC(C(=O)O)C(=O)O)cc1. The van der Waals surface area contributed by atoms with E-state index in [2.05, 4.69) is 4.98 Å². The number of benzene rings is 2. The van der Waals surface area contributed by atoms with Gasteiger partial charge in [0.15, 0.2) is 11.7 Å². The molecule has 2 aromatic carbocycles. The molecule has 0 radical (unpaired) electrons. The maximum atomic E-state index is 12.7. The van der Waals surface area contributed by atoms with Gasteiger partial charge in [-0.2, -0.15) is 0 Å². The maximum absolute atomic E-state index is 12.7. The maximum Gasteiger partial charge on any atom is 0.318 e. The van der Waals surface area contributed by atoms with E-state index < -0.39 is 17.9 Å². The lowest BCUT2D eigenvalue weighted by molar-refractivity contribution is -0.154. The fraction of sp³-hybridized carbons (Fsp3) is 0.160. The molecule has 4 aromatic rings. The van der Waals surface area contributed by atoms with E-state index >= 15 is 0 Å². The molecule has 35 heavy (non-hydrogen) atoms. The summed E-state index contributed by atoms with van der Waals surface area (Å²) < 4.78 is 7.98. The molecular formula is C25H20N2O7S. The molecule has 0 saturated heterocycles. The summed E-state index contributed by atoms with van der Waals surface area (Å²) in [4.78, 5) is 51.1. The summed E-state index contributed by atoms with van der Waals surface area (Å²) >= 11 is 1.05. The molecular weight excluding hydrogens is 472 g/mol. The molecule has 10 heteroatoms. The zero-order valence-electron chi connectivity index (χ0n) is 18.3. The Bertz CT molecular complexity index is 1430. The Balaban J connectivity index is 1.41. The normalized spacial score (nSPS) is 11.0. The van der Waals surface area contributed by atoms with E-state index in [1.165, 1.54) is 6.20 Å². The van der Waals surface area contributed by atoms with E-state index in [1.54, 1.807) is 65.4 Å². The Morgan fingerprint density at radius 2 is 1.74 bits per heavy atom. The van der Waals surface area contributed by atoms with Gasteiger partial charge >= 0.3 is 16.8 Å². The van der Waals surface area contributed by atoms with E-state index in [0.717, 1.165) is 11.3 Å². The van der Waals surface area contributed by atoms with Crippen LogP contribution in [0.2, 0.25) is 0 Å². The van der Waals surface area contributed by atoms with Crippen molar-refractivity contribution < 1.29 is 29.3 Å². The van der Waals surface area contributed by atoms with Crippen molar-refractivity contribution in [3.8, 4) is 5.75 Å². The topological polar surface area (TPSA) is 136 Å². The van der Waals surface area contributed by atoms with Crippen LogP contribution in [0.1, 0.15) is 21.5 Å². The Morgan fingerprint density at radius 1 is 1.00 bits per heavy atom. The summed E-state index contributed by atoms with van der Waals surface area (Å²) in [6.07, 6.45) is 2.96. The monoisotopic (exact) mass is 492 g/mol. The molecule has 2 N–H and O–H groups in total. The number of nitrogens with zero attached hydrogens (tertiary/aromatic N) is 2. The van der Waals surface area contributed by atoms with Crippen LogP contribution in [-0.4, -0.2) is 44.1 Å². The smallest absolute Gasteiger partial charge is 0.318 e. The molecule has 0 aliphatic rings. The molecule has 0 aliphatic carbocycles. The van der Waals surface area contributed by atoms with Crippen LogP contribution in [0.3, 0.4) is 0 Å². The first-order chi connectivity index (χ1) is 16.8. The Labute approximate surface area is 202 Å². The Morgan fingerprint density at radius 3 is 2.40 bits per heavy atom. The number of aromatic nitrogens is 2. The molecule has 0 amide bonds. The number of aliphatic carboxylic acids is 2. The number of ether oxygens (including phenoxy) is 1. The summed E-state index contributed by atoms with van der Waals surface area (Å²) in [6.45, 7) is 0.491. The largest absolute Gasteiger partial charge is 0.492 e. The second kappa shape index (κ2) is 10.3. The van der Waals surface area contributed by atoms with Crippen molar-refractivity contribution in [3.63, 3.8) is 0 Å². The number of thiazole rings is 1. The number of carboxylic acids is 2. The summed E-state index contributed by atoms with van der Waals surface area (Å²) in [5, 5.41) is 18.0. The Kier molecular flexibility index (Phi) is 7.02. The van der Waals surface area contributed by atoms with E-state index in [-0.39, 0.29) is 30.2 Å². The minimum absolute atomic E-state index is 0.132. The summed E-state index contributed by atoms with van der Waals surface area (Å²) in [5.41, 5.74) is 2.21. The minimum Gasteiger partial charge on any atom is -0.492 e. The van der Waals surface area contributed by atoms with Gasteiger partial charge in [-0.15, -0.1) is 0 Å². The number of hydrogen-bond acceptors (Lipinski definition) is 7. The average molecular weight is 493 g/mol. The van der Waals surface area contributed by atoms with Gasteiger partial charge in [0.25, 0.3) is 0 Å². The van der Waals surface area contributed by atoms with Crippen LogP contribution in [0.4, 0.5) is 0 Å². The van der Waals surface area contributed by atoms with E-state index in [9.17, 15) is 19.2 Å². The highest BCUT2D eigenvalue weighted by atomic mass is 32.1. The number of carbonyl (C=O) groups excluding carboxylic acids is 1. The summed E-state index contributed by atoms with van der Waals surface area (Å²) in [7, 11) is 0. The molecule has 0 unspecified atom stereocenters. The quantitative estimate of drug-likeness (QED) is 0.255. The van der Waals surface area contributed by atoms with E-state index in [4.69, 9.17) is 14.9 Å². The van der Waals surface area contributed by atoms with Gasteiger partial charge in [-0.3, -0.25) is 28.7 Å². The zero-order valence-corrected chi connectivity index (χ0v) is 19.1. The third-order valence-corrected chi connectivity index (χ3v) is 6.34. The molecule has 0 fully saturated rings. The van der Waals surface area contributed by atoms with Gasteiger partial charge in [0.05, 0.1) is 16.8 Å². The second-order valence-corrected chi connectivity index (χ2v) is 8.69. The van der Waals surface area contributed by atoms with E-state index in [1.807, 2.05) is 0 Å². The third-order valence-electron chi connectivity index (χ3n) is 5.40. The lowest BCUT2D eigenvalue weighted by Gasteiger charge is -2.10. The van der Waals surface area contributed by atoms with Gasteiger partial charge in [-0.1, -0.05) is 23.5 Å². The van der Waals surface area contributed by atoms with Gasteiger partial charge in [0, 0.05) is 23.5 Å². The summed E-state index contributed by atoms with van der Waals surface area (Å²) in [5.74, 6) is -3.95. The van der Waals surface area contributed by atoms with Crippen LogP contribution in [0, 0.1) is 5.92 Å². The molecule has 0 saturated carbocycles. The molecule has 2 aromatic heterocycles. The number of ketones is 1. The molecule has 0 bridgehead atoms. The van der Waals surface area contributed by atoms with Crippen molar-refractivity contribution in [2.75, 3.05) is 6.61 Å². The van der Waals surface area contributed by atoms with Crippen LogP contribution in [0.25, 0.3) is 10.2 Å². The van der Waals surface area contributed by atoms with Crippen LogP contribution < -0.4 is 9.61 Å². The van der Waals surface area contributed by atoms with Crippen molar-refractivity contribution in [3.05, 3.63) is 93.3 Å². The van der Waals surface area contributed by atoms with E-state index in [0.29, 0.717) is 32.7 Å². The highest BCUT2D eigenvalue weighted by molar-refractivity contribution is 7.16. The van der Waals surface area contributed by atoms with Crippen LogP contribution in [0.5, 0.6) is 5.75 Å². The molecule has 9 nitrogen and oxygen atoms in total. The Hall–Kier alpha value is -4.31. The number of fused-ring (bicyclic) bond motifs is 1. The fourth-order valence-corrected chi connectivity index (χ4v) is 4.53. The highest BCUT2D eigenvalue weighted by Gasteiger charge is 2.25. The van der Waals surface area contributed by atoms with Gasteiger partial charge in [-0.05, 0) is 54.4 Å². The molecule has 178 valence electrons. The third kappa shape index (κ3) is 5.44. The molecule has 4 rings (SSSR count). The number of pyridine rings is 1. The van der Waals surface area contributed by atoms with Gasteiger partial charge in [0.2, 0.25) is 0 Å². The molecule has 2 heterocycles. The number of hydrogen-bond donors (Lipinski definition) is 2. The van der Waals surface area contributed by atoms with Crippen LogP contribution in [0.15, 0.2) is 71.8 Å². The lowest BCUT2D eigenvalue weighted by Crippen LogP contribution is -2.25. The number of carboxylic acid groups (broad SMARTS) is 2. The average Bonchev–Trinajstić information content (AvgIpc) is 3.17. The van der Waals surface area contributed by atoms with Crippen LogP contribution >= 0.6 is 11.3 Å². The van der Waals surface area contributed by atoms with Gasteiger partial charge < -0.3 is 14.9 Å². The first-order valence-electron chi connectivity index (χ1n) is 10.6. The van der Waals surface area contributed by atoms with Crippen molar-refractivity contribution in [2.45, 2.75) is 13.0 Å². The van der Waals surface area contributed by atoms with Crippen LogP contribution in [-0.2, 0) is 22.6 Å². The van der Waals surface area contributed by atoms with Gasteiger partial charge in [-0.25, -0.2) is 0 Å².